The molecule has 10 heteroatoms. The van der Waals surface area contributed by atoms with Crippen molar-refractivity contribution in [1.29, 1.82) is 0 Å². The lowest BCUT2D eigenvalue weighted by Gasteiger charge is -2.22. The van der Waals surface area contributed by atoms with Crippen molar-refractivity contribution in [2.45, 2.75) is 20.0 Å². The third kappa shape index (κ3) is 6.46. The number of likely N-dealkylation sites (N-methyl/N-ethyl adjacent to an activating group) is 1. The molecule has 2 amide bonds. The number of pyridine rings is 1. The highest BCUT2D eigenvalue weighted by molar-refractivity contribution is 7.89. The molecular weight excluding hydrogens is 387 g/mol. The van der Waals surface area contributed by atoms with Crippen LogP contribution >= 0.6 is 0 Å². The van der Waals surface area contributed by atoms with Gasteiger partial charge in [-0.05, 0) is 32.0 Å². The zero-order valence-corrected chi connectivity index (χ0v) is 16.7. The fourth-order valence-corrected chi connectivity index (χ4v) is 3.28. The summed E-state index contributed by atoms with van der Waals surface area (Å²) in [7, 11) is -1.88. The van der Waals surface area contributed by atoms with Crippen LogP contribution in [0.2, 0.25) is 0 Å². The predicted octanol–water partition coefficient (Wildman–Crippen LogP) is 2.91. The lowest BCUT2D eigenvalue weighted by Crippen LogP contribution is -2.36. The van der Waals surface area contributed by atoms with Gasteiger partial charge in [-0.2, -0.15) is 0 Å². The number of benzene rings is 1. The SMILES string of the molecule is CCS(=O)(=O)N(C)C[C@@H](C)Oc1cc(F)cc(NC(=O)Nc2cccnc2)c1. The number of sulfonamides is 1. The molecule has 28 heavy (non-hydrogen) atoms. The number of anilines is 2. The molecule has 1 aromatic carbocycles. The van der Waals surface area contributed by atoms with E-state index in [1.807, 2.05) is 0 Å². The Labute approximate surface area is 163 Å². The summed E-state index contributed by atoms with van der Waals surface area (Å²) >= 11 is 0. The van der Waals surface area contributed by atoms with Crippen LogP contribution in [0.4, 0.5) is 20.6 Å². The van der Waals surface area contributed by atoms with Gasteiger partial charge in [-0.15, -0.1) is 0 Å². The molecule has 0 aliphatic rings. The molecule has 0 spiro atoms. The van der Waals surface area contributed by atoms with E-state index in [0.717, 1.165) is 12.1 Å². The van der Waals surface area contributed by atoms with Crippen LogP contribution in [-0.2, 0) is 10.0 Å². The zero-order valence-electron chi connectivity index (χ0n) is 15.8. The van der Waals surface area contributed by atoms with Crippen LogP contribution in [0.1, 0.15) is 13.8 Å². The van der Waals surface area contributed by atoms with Crippen LogP contribution in [0, 0.1) is 5.82 Å². The number of hydrogen-bond acceptors (Lipinski definition) is 5. The molecule has 0 aliphatic heterocycles. The van der Waals surface area contributed by atoms with Crippen molar-refractivity contribution in [3.8, 4) is 5.75 Å². The lowest BCUT2D eigenvalue weighted by atomic mass is 10.3. The summed E-state index contributed by atoms with van der Waals surface area (Å²) in [6.45, 7) is 3.34. The van der Waals surface area contributed by atoms with Gasteiger partial charge in [0.2, 0.25) is 10.0 Å². The number of hydrogen-bond donors (Lipinski definition) is 2. The molecule has 0 unspecified atom stereocenters. The summed E-state index contributed by atoms with van der Waals surface area (Å²) in [4.78, 5) is 15.9. The second-order valence-electron chi connectivity index (χ2n) is 6.11. The van der Waals surface area contributed by atoms with Crippen molar-refractivity contribution in [2.24, 2.45) is 0 Å². The fraction of sp³-hybridized carbons (Fsp3) is 0.333. The van der Waals surface area contributed by atoms with Crippen LogP contribution in [-0.4, -0.2) is 49.2 Å². The minimum atomic E-state index is -3.34. The molecule has 2 N–H and O–H groups in total. The number of urea groups is 1. The number of halogens is 1. The standard InChI is InChI=1S/C18H23FN4O4S/c1-4-28(25,26)23(3)12-13(2)27-17-9-14(19)8-16(10-17)22-18(24)21-15-6-5-7-20-11-15/h5-11,13H,4,12H2,1-3H3,(H2,21,22,24)/t13-/m1/s1. The molecule has 1 atom stereocenters. The number of aromatic nitrogens is 1. The number of nitrogens with one attached hydrogen (secondary N) is 2. The van der Waals surface area contributed by atoms with E-state index in [9.17, 15) is 17.6 Å². The topological polar surface area (TPSA) is 101 Å². The van der Waals surface area contributed by atoms with Gasteiger partial charge in [-0.3, -0.25) is 4.98 Å². The van der Waals surface area contributed by atoms with Crippen molar-refractivity contribution in [3.05, 3.63) is 48.5 Å². The number of amides is 2. The minimum Gasteiger partial charge on any atom is -0.489 e. The highest BCUT2D eigenvalue weighted by atomic mass is 32.2. The van der Waals surface area contributed by atoms with Crippen molar-refractivity contribution in [3.63, 3.8) is 0 Å². The van der Waals surface area contributed by atoms with Crippen LogP contribution in [0.3, 0.4) is 0 Å². The van der Waals surface area contributed by atoms with E-state index >= 15 is 0 Å². The van der Waals surface area contributed by atoms with Gasteiger partial charge < -0.3 is 15.4 Å². The molecule has 0 fully saturated rings. The van der Waals surface area contributed by atoms with E-state index in [1.54, 1.807) is 32.2 Å². The first-order valence-electron chi connectivity index (χ1n) is 8.59. The van der Waals surface area contributed by atoms with Gasteiger partial charge in [-0.25, -0.2) is 21.9 Å². The highest BCUT2D eigenvalue weighted by Gasteiger charge is 2.19. The van der Waals surface area contributed by atoms with Crippen LogP contribution in [0.5, 0.6) is 5.75 Å². The Morgan fingerprint density at radius 2 is 2.00 bits per heavy atom. The summed E-state index contributed by atoms with van der Waals surface area (Å²) < 4.78 is 44.3. The van der Waals surface area contributed by atoms with E-state index in [0.29, 0.717) is 5.69 Å². The first-order valence-corrected chi connectivity index (χ1v) is 10.2. The molecule has 0 saturated carbocycles. The fourth-order valence-electron chi connectivity index (χ4n) is 2.40. The number of rotatable bonds is 8. The number of nitrogens with zero attached hydrogens (tertiary/aromatic N) is 2. The smallest absolute Gasteiger partial charge is 0.323 e. The molecule has 1 aromatic heterocycles. The molecular formula is C18H23FN4O4S. The maximum atomic E-state index is 13.9. The summed E-state index contributed by atoms with van der Waals surface area (Å²) in [5, 5.41) is 5.08. The maximum Gasteiger partial charge on any atom is 0.323 e. The van der Waals surface area contributed by atoms with Gasteiger partial charge in [0.05, 0.1) is 24.2 Å². The molecule has 8 nitrogen and oxygen atoms in total. The van der Waals surface area contributed by atoms with Gasteiger partial charge in [0.1, 0.15) is 17.7 Å². The predicted molar refractivity (Wildman–Crippen MR) is 105 cm³/mol. The number of carbonyl (C=O) groups is 1. The van der Waals surface area contributed by atoms with E-state index in [4.69, 9.17) is 4.74 Å². The molecule has 2 aromatic rings. The summed E-state index contributed by atoms with van der Waals surface area (Å²) in [5.41, 5.74) is 0.680. The van der Waals surface area contributed by atoms with E-state index in [-0.39, 0.29) is 23.7 Å². The molecule has 2 rings (SSSR count). The molecule has 0 bridgehead atoms. The minimum absolute atomic E-state index is 0.0176. The first-order chi connectivity index (χ1) is 13.2. The number of carbonyl (C=O) groups excluding carboxylic acids is 1. The van der Waals surface area contributed by atoms with Gasteiger partial charge in [0, 0.05) is 31.1 Å². The largest absolute Gasteiger partial charge is 0.489 e. The number of ether oxygens (including phenoxy) is 1. The summed E-state index contributed by atoms with van der Waals surface area (Å²) in [5.74, 6) is -0.446. The Bertz CT molecular complexity index is 909. The second-order valence-corrected chi connectivity index (χ2v) is 8.47. The average molecular weight is 410 g/mol. The van der Waals surface area contributed by atoms with Gasteiger partial charge in [0.25, 0.3) is 0 Å². The summed E-state index contributed by atoms with van der Waals surface area (Å²) in [6.07, 6.45) is 2.52. The third-order valence-electron chi connectivity index (χ3n) is 3.74. The van der Waals surface area contributed by atoms with Crippen LogP contribution < -0.4 is 15.4 Å². The Morgan fingerprint density at radius 3 is 2.64 bits per heavy atom. The van der Waals surface area contributed by atoms with Gasteiger partial charge >= 0.3 is 6.03 Å². The molecule has 0 aliphatic carbocycles. The Morgan fingerprint density at radius 1 is 1.29 bits per heavy atom. The molecule has 1 heterocycles. The summed E-state index contributed by atoms with van der Waals surface area (Å²) in [6, 6.07) is 6.53. The molecule has 0 saturated heterocycles. The van der Waals surface area contributed by atoms with Crippen molar-refractivity contribution >= 4 is 27.4 Å². The molecule has 152 valence electrons. The molecule has 0 radical (unpaired) electrons. The van der Waals surface area contributed by atoms with E-state index in [2.05, 4.69) is 15.6 Å². The zero-order chi connectivity index (χ0) is 20.7. The Balaban J connectivity index is 2.01. The average Bonchev–Trinajstić information content (AvgIpc) is 2.61. The first kappa shape index (κ1) is 21.6. The Kier molecular flexibility index (Phi) is 7.30. The van der Waals surface area contributed by atoms with Crippen molar-refractivity contribution in [1.82, 2.24) is 9.29 Å². The Hall–Kier alpha value is -2.72. The third-order valence-corrected chi connectivity index (χ3v) is 5.57. The monoisotopic (exact) mass is 410 g/mol. The van der Waals surface area contributed by atoms with Crippen molar-refractivity contribution < 1.29 is 22.3 Å². The highest BCUT2D eigenvalue weighted by Crippen LogP contribution is 2.22. The van der Waals surface area contributed by atoms with E-state index in [1.165, 1.54) is 23.6 Å². The maximum absolute atomic E-state index is 13.9. The quantitative estimate of drug-likeness (QED) is 0.697. The van der Waals surface area contributed by atoms with Crippen molar-refractivity contribution in [2.75, 3.05) is 30.0 Å². The lowest BCUT2D eigenvalue weighted by molar-refractivity contribution is 0.195. The van der Waals surface area contributed by atoms with Crippen LogP contribution in [0.15, 0.2) is 42.7 Å². The van der Waals surface area contributed by atoms with Gasteiger partial charge in [-0.1, -0.05) is 0 Å². The van der Waals surface area contributed by atoms with Gasteiger partial charge in [0.15, 0.2) is 0 Å². The second kappa shape index (κ2) is 9.47. The van der Waals surface area contributed by atoms with E-state index < -0.39 is 28.0 Å². The normalized spacial score (nSPS) is 12.5. The van der Waals surface area contributed by atoms with Crippen LogP contribution in [0.25, 0.3) is 0 Å².